The molecular formula is C15H14BrFO3. The molecule has 0 aromatic heterocycles. The minimum Gasteiger partial charge on any atom is -0.493 e. The van der Waals surface area contributed by atoms with Crippen LogP contribution in [0.1, 0.15) is 5.56 Å². The van der Waals surface area contributed by atoms with Gasteiger partial charge in [0, 0.05) is 10.0 Å². The molecule has 0 aliphatic carbocycles. The van der Waals surface area contributed by atoms with E-state index in [0.717, 1.165) is 5.56 Å². The van der Waals surface area contributed by atoms with E-state index in [1.54, 1.807) is 32.4 Å². The number of rotatable bonds is 5. The lowest BCUT2D eigenvalue weighted by Gasteiger charge is -2.14. The third kappa shape index (κ3) is 3.22. The summed E-state index contributed by atoms with van der Waals surface area (Å²) in [6, 6.07) is 9.86. The zero-order valence-electron chi connectivity index (χ0n) is 11.2. The van der Waals surface area contributed by atoms with Crippen LogP contribution in [0.2, 0.25) is 0 Å². The first kappa shape index (κ1) is 14.7. The fraction of sp³-hybridized carbons (Fsp3) is 0.200. The Morgan fingerprint density at radius 3 is 2.25 bits per heavy atom. The van der Waals surface area contributed by atoms with Crippen molar-refractivity contribution in [3.8, 4) is 17.2 Å². The fourth-order valence-corrected chi connectivity index (χ4v) is 2.21. The van der Waals surface area contributed by atoms with Gasteiger partial charge in [-0.1, -0.05) is 28.1 Å². The van der Waals surface area contributed by atoms with Crippen molar-refractivity contribution in [1.82, 2.24) is 0 Å². The van der Waals surface area contributed by atoms with Crippen molar-refractivity contribution < 1.29 is 18.6 Å². The van der Waals surface area contributed by atoms with Gasteiger partial charge in [-0.3, -0.25) is 0 Å². The van der Waals surface area contributed by atoms with Gasteiger partial charge in [-0.25, -0.2) is 4.39 Å². The second-order valence-electron chi connectivity index (χ2n) is 4.02. The molecule has 0 saturated carbocycles. The van der Waals surface area contributed by atoms with Crippen molar-refractivity contribution in [2.24, 2.45) is 0 Å². The Labute approximate surface area is 125 Å². The Hall–Kier alpha value is -1.75. The summed E-state index contributed by atoms with van der Waals surface area (Å²) in [7, 11) is 3.13. The molecule has 0 saturated heterocycles. The number of para-hydroxylation sites is 1. The van der Waals surface area contributed by atoms with Crippen molar-refractivity contribution in [3.63, 3.8) is 0 Å². The van der Waals surface area contributed by atoms with Gasteiger partial charge >= 0.3 is 0 Å². The predicted octanol–water partition coefficient (Wildman–Crippen LogP) is 4.18. The summed E-state index contributed by atoms with van der Waals surface area (Å²) in [4.78, 5) is 0. The molecule has 0 radical (unpaired) electrons. The summed E-state index contributed by atoms with van der Waals surface area (Å²) in [5.74, 6) is 1.40. The van der Waals surface area contributed by atoms with Gasteiger partial charge in [-0.15, -0.1) is 0 Å². The van der Waals surface area contributed by atoms with E-state index in [0.29, 0.717) is 21.7 Å². The summed E-state index contributed by atoms with van der Waals surface area (Å²) >= 11 is 3.31. The second kappa shape index (κ2) is 6.61. The summed E-state index contributed by atoms with van der Waals surface area (Å²) in [6.45, 7) is 0.275. The van der Waals surface area contributed by atoms with E-state index in [-0.39, 0.29) is 12.4 Å². The van der Waals surface area contributed by atoms with Gasteiger partial charge in [0.15, 0.2) is 11.5 Å². The first-order valence-corrected chi connectivity index (χ1v) is 6.72. The molecule has 0 spiro atoms. The molecule has 106 valence electrons. The Balaban J connectivity index is 2.22. The molecule has 0 amide bonds. The third-order valence-electron chi connectivity index (χ3n) is 2.77. The third-order valence-corrected chi connectivity index (χ3v) is 3.51. The Bertz CT molecular complexity index is 579. The number of hydrogen-bond acceptors (Lipinski definition) is 3. The number of hydrogen-bond donors (Lipinski definition) is 0. The molecule has 5 heteroatoms. The average Bonchev–Trinajstić information content (AvgIpc) is 2.46. The van der Waals surface area contributed by atoms with Gasteiger partial charge in [0.1, 0.15) is 12.4 Å². The highest BCUT2D eigenvalue weighted by molar-refractivity contribution is 9.10. The smallest absolute Gasteiger partial charge is 0.203 e. The maximum absolute atomic E-state index is 13.0. The van der Waals surface area contributed by atoms with E-state index in [2.05, 4.69) is 15.9 Å². The number of ether oxygens (including phenoxy) is 3. The first-order valence-electron chi connectivity index (χ1n) is 5.93. The van der Waals surface area contributed by atoms with Gasteiger partial charge in [0.05, 0.1) is 14.2 Å². The predicted molar refractivity (Wildman–Crippen MR) is 78.0 cm³/mol. The number of methoxy groups -OCH3 is 2. The van der Waals surface area contributed by atoms with Crippen LogP contribution in [0, 0.1) is 5.82 Å². The zero-order chi connectivity index (χ0) is 14.5. The second-order valence-corrected chi connectivity index (χ2v) is 4.87. The van der Waals surface area contributed by atoms with Crippen LogP contribution in [0.4, 0.5) is 4.39 Å². The van der Waals surface area contributed by atoms with Crippen LogP contribution >= 0.6 is 15.9 Å². The molecular weight excluding hydrogens is 327 g/mol. The van der Waals surface area contributed by atoms with Crippen molar-refractivity contribution in [2.45, 2.75) is 6.61 Å². The standard InChI is InChI=1S/C15H14BrFO3/c1-18-13-4-3-5-14(19-2)15(13)20-9-10-6-7-11(17)8-12(10)16/h3-8H,9H2,1-2H3. The quantitative estimate of drug-likeness (QED) is 0.816. The lowest BCUT2D eigenvalue weighted by Crippen LogP contribution is -2.00. The van der Waals surface area contributed by atoms with E-state index in [1.165, 1.54) is 12.1 Å². The maximum atomic E-state index is 13.0. The van der Waals surface area contributed by atoms with Gasteiger partial charge in [-0.2, -0.15) is 0 Å². The summed E-state index contributed by atoms with van der Waals surface area (Å²) < 4.78 is 29.9. The van der Waals surface area contributed by atoms with Crippen LogP contribution in [-0.2, 0) is 6.61 Å². The van der Waals surface area contributed by atoms with Crippen LogP contribution in [0.5, 0.6) is 17.2 Å². The van der Waals surface area contributed by atoms with Crippen LogP contribution in [-0.4, -0.2) is 14.2 Å². The largest absolute Gasteiger partial charge is 0.493 e. The number of benzene rings is 2. The molecule has 0 N–H and O–H groups in total. The highest BCUT2D eigenvalue weighted by Crippen LogP contribution is 2.37. The highest BCUT2D eigenvalue weighted by Gasteiger charge is 2.12. The molecule has 0 fully saturated rings. The van der Waals surface area contributed by atoms with Crippen LogP contribution in [0.15, 0.2) is 40.9 Å². The average molecular weight is 341 g/mol. The molecule has 0 aliphatic heterocycles. The van der Waals surface area contributed by atoms with Crippen molar-refractivity contribution in [2.75, 3.05) is 14.2 Å². The SMILES string of the molecule is COc1cccc(OC)c1OCc1ccc(F)cc1Br. The van der Waals surface area contributed by atoms with Crippen molar-refractivity contribution in [1.29, 1.82) is 0 Å². The molecule has 3 nitrogen and oxygen atoms in total. The Kier molecular flexibility index (Phi) is 4.84. The van der Waals surface area contributed by atoms with Crippen LogP contribution in [0.3, 0.4) is 0 Å². The van der Waals surface area contributed by atoms with Crippen molar-refractivity contribution >= 4 is 15.9 Å². The van der Waals surface area contributed by atoms with Gasteiger partial charge in [0.25, 0.3) is 0 Å². The molecule has 2 rings (SSSR count). The topological polar surface area (TPSA) is 27.7 Å². The highest BCUT2D eigenvalue weighted by atomic mass is 79.9. The first-order chi connectivity index (χ1) is 9.65. The normalized spacial score (nSPS) is 10.2. The van der Waals surface area contributed by atoms with Crippen LogP contribution in [0.25, 0.3) is 0 Å². The van der Waals surface area contributed by atoms with Gasteiger partial charge in [-0.05, 0) is 24.3 Å². The molecule has 0 atom stereocenters. The lowest BCUT2D eigenvalue weighted by molar-refractivity contribution is 0.265. The van der Waals surface area contributed by atoms with Gasteiger partial charge < -0.3 is 14.2 Å². The monoisotopic (exact) mass is 340 g/mol. The van der Waals surface area contributed by atoms with E-state index in [1.807, 2.05) is 6.07 Å². The maximum Gasteiger partial charge on any atom is 0.203 e. The minimum atomic E-state index is -0.296. The molecule has 0 bridgehead atoms. The molecule has 0 heterocycles. The molecule has 2 aromatic rings. The van der Waals surface area contributed by atoms with E-state index in [9.17, 15) is 4.39 Å². The molecule has 0 unspecified atom stereocenters. The van der Waals surface area contributed by atoms with E-state index in [4.69, 9.17) is 14.2 Å². The number of halogens is 2. The van der Waals surface area contributed by atoms with Crippen LogP contribution < -0.4 is 14.2 Å². The lowest BCUT2D eigenvalue weighted by atomic mass is 10.2. The van der Waals surface area contributed by atoms with E-state index < -0.39 is 0 Å². The molecule has 2 aromatic carbocycles. The van der Waals surface area contributed by atoms with Gasteiger partial charge in [0.2, 0.25) is 5.75 Å². The fourth-order valence-electron chi connectivity index (χ4n) is 1.75. The van der Waals surface area contributed by atoms with Crippen molar-refractivity contribution in [3.05, 3.63) is 52.3 Å². The summed E-state index contributed by atoms with van der Waals surface area (Å²) in [5, 5.41) is 0. The zero-order valence-corrected chi connectivity index (χ0v) is 12.7. The van der Waals surface area contributed by atoms with E-state index >= 15 is 0 Å². The Morgan fingerprint density at radius 2 is 1.70 bits per heavy atom. The molecule has 20 heavy (non-hydrogen) atoms. The Morgan fingerprint density at radius 1 is 1.05 bits per heavy atom. The summed E-state index contributed by atoms with van der Waals surface area (Å²) in [5.41, 5.74) is 0.833. The summed E-state index contributed by atoms with van der Waals surface area (Å²) in [6.07, 6.45) is 0. The minimum absolute atomic E-state index is 0.275. The molecule has 0 aliphatic rings.